The standard InChI is InChI=1S/C17H33N/c1-3-14-15-12-10-8-6-4-5-7-9-11-13-16(15)17(14)18-2/h14-18H,3-13H2,1-2H3. The van der Waals surface area contributed by atoms with Crippen molar-refractivity contribution >= 4 is 0 Å². The Morgan fingerprint density at radius 3 is 1.78 bits per heavy atom. The van der Waals surface area contributed by atoms with E-state index < -0.39 is 0 Å². The lowest BCUT2D eigenvalue weighted by Crippen LogP contribution is -2.57. The van der Waals surface area contributed by atoms with Gasteiger partial charge < -0.3 is 5.32 Å². The van der Waals surface area contributed by atoms with Gasteiger partial charge in [-0.1, -0.05) is 64.7 Å². The fourth-order valence-electron chi connectivity index (χ4n) is 4.65. The molecule has 2 aliphatic rings. The third kappa shape index (κ3) is 3.29. The molecule has 2 fully saturated rings. The van der Waals surface area contributed by atoms with Gasteiger partial charge in [0.1, 0.15) is 0 Å². The van der Waals surface area contributed by atoms with Crippen LogP contribution in [-0.4, -0.2) is 13.1 Å². The predicted molar refractivity (Wildman–Crippen MR) is 79.8 cm³/mol. The molecule has 0 saturated heterocycles. The van der Waals surface area contributed by atoms with Crippen molar-refractivity contribution in [3.05, 3.63) is 0 Å². The topological polar surface area (TPSA) is 12.0 Å². The molecule has 2 saturated carbocycles. The maximum absolute atomic E-state index is 3.61. The molecule has 0 aliphatic heterocycles. The number of nitrogens with one attached hydrogen (secondary N) is 1. The van der Waals surface area contributed by atoms with Crippen LogP contribution in [0.15, 0.2) is 0 Å². The molecule has 4 unspecified atom stereocenters. The molecule has 0 heterocycles. The summed E-state index contributed by atoms with van der Waals surface area (Å²) < 4.78 is 0. The van der Waals surface area contributed by atoms with Crippen molar-refractivity contribution in [3.63, 3.8) is 0 Å². The summed E-state index contributed by atoms with van der Waals surface area (Å²) in [5, 5.41) is 3.61. The van der Waals surface area contributed by atoms with E-state index in [9.17, 15) is 0 Å². The number of hydrogen-bond donors (Lipinski definition) is 1. The average Bonchev–Trinajstić information content (AvgIpc) is 2.36. The molecule has 1 nitrogen and oxygen atoms in total. The summed E-state index contributed by atoms with van der Waals surface area (Å²) in [4.78, 5) is 0. The van der Waals surface area contributed by atoms with Crippen LogP contribution in [0.3, 0.4) is 0 Å². The van der Waals surface area contributed by atoms with Crippen LogP contribution >= 0.6 is 0 Å². The zero-order valence-electron chi connectivity index (χ0n) is 12.6. The Balaban J connectivity index is 1.89. The average molecular weight is 251 g/mol. The van der Waals surface area contributed by atoms with E-state index in [1.165, 1.54) is 70.6 Å². The third-order valence-corrected chi connectivity index (χ3v) is 5.65. The van der Waals surface area contributed by atoms with Crippen molar-refractivity contribution < 1.29 is 0 Å². The summed E-state index contributed by atoms with van der Waals surface area (Å²) in [6.07, 6.45) is 16.3. The summed E-state index contributed by atoms with van der Waals surface area (Å²) in [7, 11) is 2.18. The molecule has 0 aromatic carbocycles. The van der Waals surface area contributed by atoms with Gasteiger partial charge in [0.25, 0.3) is 0 Å². The Labute approximate surface area is 114 Å². The molecule has 0 bridgehead atoms. The summed E-state index contributed by atoms with van der Waals surface area (Å²) >= 11 is 0. The summed E-state index contributed by atoms with van der Waals surface area (Å²) in [5.41, 5.74) is 0. The van der Waals surface area contributed by atoms with E-state index in [1.54, 1.807) is 0 Å². The molecular weight excluding hydrogens is 218 g/mol. The Kier molecular flexibility index (Phi) is 6.01. The third-order valence-electron chi connectivity index (χ3n) is 5.65. The van der Waals surface area contributed by atoms with E-state index in [4.69, 9.17) is 0 Å². The van der Waals surface area contributed by atoms with Gasteiger partial charge in [-0.15, -0.1) is 0 Å². The smallest absolute Gasteiger partial charge is 0.0126 e. The Hall–Kier alpha value is -0.0400. The van der Waals surface area contributed by atoms with Gasteiger partial charge >= 0.3 is 0 Å². The highest BCUT2D eigenvalue weighted by Crippen LogP contribution is 2.48. The fraction of sp³-hybridized carbons (Fsp3) is 1.00. The SMILES string of the molecule is CCC1C2CCCCCCCCCCC2C1NC. The van der Waals surface area contributed by atoms with Crippen molar-refractivity contribution in [2.75, 3.05) is 7.05 Å². The van der Waals surface area contributed by atoms with E-state index in [1.807, 2.05) is 0 Å². The van der Waals surface area contributed by atoms with Gasteiger partial charge in [0.2, 0.25) is 0 Å². The molecule has 0 spiro atoms. The molecule has 106 valence electrons. The van der Waals surface area contributed by atoms with Gasteiger partial charge in [-0.05, 0) is 37.6 Å². The van der Waals surface area contributed by atoms with Crippen LogP contribution in [0.4, 0.5) is 0 Å². The molecule has 0 aromatic rings. The fourth-order valence-corrected chi connectivity index (χ4v) is 4.65. The number of rotatable bonds is 2. The van der Waals surface area contributed by atoms with Crippen LogP contribution < -0.4 is 5.32 Å². The molecule has 0 aromatic heterocycles. The quantitative estimate of drug-likeness (QED) is 0.746. The molecule has 18 heavy (non-hydrogen) atoms. The second-order valence-electron chi connectivity index (χ2n) is 6.62. The number of fused-ring (bicyclic) bond motifs is 1. The van der Waals surface area contributed by atoms with Gasteiger partial charge in [0.05, 0.1) is 0 Å². The predicted octanol–water partition coefficient (Wildman–Crippen LogP) is 4.76. The van der Waals surface area contributed by atoms with Crippen LogP contribution in [0.5, 0.6) is 0 Å². The maximum Gasteiger partial charge on any atom is 0.0126 e. The highest BCUT2D eigenvalue weighted by Gasteiger charge is 2.46. The first-order chi connectivity index (χ1) is 8.88. The van der Waals surface area contributed by atoms with Crippen molar-refractivity contribution in [2.24, 2.45) is 17.8 Å². The molecule has 0 radical (unpaired) electrons. The molecule has 1 N–H and O–H groups in total. The van der Waals surface area contributed by atoms with Crippen LogP contribution in [0, 0.1) is 17.8 Å². The molecular formula is C17H33N. The Bertz CT molecular complexity index is 202. The maximum atomic E-state index is 3.61. The zero-order valence-corrected chi connectivity index (χ0v) is 12.6. The van der Waals surface area contributed by atoms with Crippen molar-refractivity contribution in [3.8, 4) is 0 Å². The lowest BCUT2D eigenvalue weighted by molar-refractivity contribution is -0.00132. The largest absolute Gasteiger partial charge is 0.316 e. The van der Waals surface area contributed by atoms with Gasteiger partial charge in [-0.25, -0.2) is 0 Å². The summed E-state index contributed by atoms with van der Waals surface area (Å²) in [6.45, 7) is 2.39. The minimum atomic E-state index is 0.836. The van der Waals surface area contributed by atoms with Crippen LogP contribution in [0.2, 0.25) is 0 Å². The minimum Gasteiger partial charge on any atom is -0.316 e. The van der Waals surface area contributed by atoms with Crippen molar-refractivity contribution in [1.29, 1.82) is 0 Å². The van der Waals surface area contributed by atoms with Gasteiger partial charge in [0, 0.05) is 6.04 Å². The molecule has 1 heteroatoms. The van der Waals surface area contributed by atoms with Crippen molar-refractivity contribution in [2.45, 2.75) is 83.6 Å². The monoisotopic (exact) mass is 251 g/mol. The van der Waals surface area contributed by atoms with Crippen LogP contribution in [-0.2, 0) is 0 Å². The Morgan fingerprint density at radius 1 is 0.778 bits per heavy atom. The second kappa shape index (κ2) is 7.53. The van der Waals surface area contributed by atoms with Crippen molar-refractivity contribution in [1.82, 2.24) is 5.32 Å². The molecule has 0 amide bonds. The van der Waals surface area contributed by atoms with E-state index in [2.05, 4.69) is 19.3 Å². The highest BCUT2D eigenvalue weighted by atomic mass is 14.9. The van der Waals surface area contributed by atoms with E-state index in [0.29, 0.717) is 0 Å². The molecule has 4 atom stereocenters. The van der Waals surface area contributed by atoms with E-state index >= 15 is 0 Å². The first-order valence-corrected chi connectivity index (χ1v) is 8.55. The lowest BCUT2D eigenvalue weighted by atomic mass is 9.56. The lowest BCUT2D eigenvalue weighted by Gasteiger charge is -2.53. The molecule has 2 rings (SSSR count). The van der Waals surface area contributed by atoms with Gasteiger partial charge in [-0.3, -0.25) is 0 Å². The van der Waals surface area contributed by atoms with E-state index in [0.717, 1.165) is 23.8 Å². The van der Waals surface area contributed by atoms with E-state index in [-0.39, 0.29) is 0 Å². The minimum absolute atomic E-state index is 0.836. The number of hydrogen-bond acceptors (Lipinski definition) is 1. The first-order valence-electron chi connectivity index (χ1n) is 8.55. The Morgan fingerprint density at radius 2 is 1.28 bits per heavy atom. The second-order valence-corrected chi connectivity index (χ2v) is 6.62. The summed E-state index contributed by atoms with van der Waals surface area (Å²) in [6, 6.07) is 0.836. The normalized spacial score (nSPS) is 39.0. The first kappa shape index (κ1) is 14.4. The van der Waals surface area contributed by atoms with Gasteiger partial charge in [-0.2, -0.15) is 0 Å². The summed E-state index contributed by atoms with van der Waals surface area (Å²) in [5.74, 6) is 3.02. The van der Waals surface area contributed by atoms with Crippen LogP contribution in [0.1, 0.15) is 77.6 Å². The van der Waals surface area contributed by atoms with Crippen LogP contribution in [0.25, 0.3) is 0 Å². The van der Waals surface area contributed by atoms with Gasteiger partial charge in [0.15, 0.2) is 0 Å². The zero-order chi connectivity index (χ0) is 12.8. The highest BCUT2D eigenvalue weighted by molar-refractivity contribution is 5.00. The molecule has 2 aliphatic carbocycles.